The Morgan fingerprint density at radius 2 is 2.19 bits per heavy atom. The molecule has 0 saturated heterocycles. The maximum atomic E-state index is 11.7. The summed E-state index contributed by atoms with van der Waals surface area (Å²) in [4.78, 5) is 22.6. The molecule has 0 bridgehead atoms. The highest BCUT2D eigenvalue weighted by atomic mass is 35.5. The van der Waals surface area contributed by atoms with Crippen molar-refractivity contribution in [2.24, 2.45) is 10.9 Å². The minimum absolute atomic E-state index is 0.253. The Bertz CT molecular complexity index is 775. The Kier molecular flexibility index (Phi) is 7.85. The molecule has 1 aliphatic carbocycles. The summed E-state index contributed by atoms with van der Waals surface area (Å²) in [7, 11) is 0. The number of nitrogens with one attached hydrogen (secondary N) is 2. The predicted octanol–water partition coefficient (Wildman–Crippen LogP) is 4.98. The van der Waals surface area contributed by atoms with Gasteiger partial charge in [-0.3, -0.25) is 9.79 Å². The van der Waals surface area contributed by atoms with Gasteiger partial charge in [0.2, 0.25) is 0 Å². The molecular formula is C20H27ClN4O. The third-order valence-electron chi connectivity index (χ3n) is 4.61. The van der Waals surface area contributed by atoms with Gasteiger partial charge in [0.1, 0.15) is 11.3 Å². The molecule has 2 aromatic rings. The van der Waals surface area contributed by atoms with Crippen molar-refractivity contribution < 1.29 is 4.79 Å². The minimum Gasteiger partial charge on any atom is -0.351 e. The monoisotopic (exact) mass is 374 g/mol. The SMILES string of the molecule is C=N/C(=C\c1c[nH]c2ncc(Cl)cc12)C(=O)NCC.CCC1CCCC1. The van der Waals surface area contributed by atoms with Gasteiger partial charge in [0.05, 0.1) is 5.02 Å². The maximum Gasteiger partial charge on any atom is 0.269 e. The summed E-state index contributed by atoms with van der Waals surface area (Å²) in [6, 6.07) is 1.78. The number of hydrogen-bond donors (Lipinski definition) is 2. The van der Waals surface area contributed by atoms with E-state index in [0.717, 1.165) is 16.9 Å². The van der Waals surface area contributed by atoms with E-state index < -0.39 is 0 Å². The molecule has 2 aromatic heterocycles. The molecule has 0 atom stereocenters. The first-order valence-corrected chi connectivity index (χ1v) is 9.56. The van der Waals surface area contributed by atoms with E-state index in [0.29, 0.717) is 17.2 Å². The molecule has 0 unspecified atom stereocenters. The van der Waals surface area contributed by atoms with Crippen molar-refractivity contribution >= 4 is 41.3 Å². The van der Waals surface area contributed by atoms with Gasteiger partial charge in [0, 0.05) is 29.9 Å². The normalized spacial score (nSPS) is 14.8. The number of carbonyl (C=O) groups excluding carboxylic acids is 1. The highest BCUT2D eigenvalue weighted by Crippen LogP contribution is 2.26. The molecule has 0 aromatic carbocycles. The molecule has 0 aliphatic heterocycles. The Morgan fingerprint density at radius 1 is 1.46 bits per heavy atom. The lowest BCUT2D eigenvalue weighted by molar-refractivity contribution is -0.117. The number of carbonyl (C=O) groups is 1. The fourth-order valence-electron chi connectivity index (χ4n) is 3.12. The smallest absolute Gasteiger partial charge is 0.269 e. The summed E-state index contributed by atoms with van der Waals surface area (Å²) in [6.45, 7) is 8.09. The van der Waals surface area contributed by atoms with E-state index >= 15 is 0 Å². The molecule has 1 saturated carbocycles. The third kappa shape index (κ3) is 5.43. The fourth-order valence-corrected chi connectivity index (χ4v) is 3.28. The first kappa shape index (κ1) is 20.2. The summed E-state index contributed by atoms with van der Waals surface area (Å²) in [5.41, 5.74) is 1.75. The lowest BCUT2D eigenvalue weighted by atomic mass is 10.1. The average Bonchev–Trinajstić information content (AvgIpc) is 3.30. The largest absolute Gasteiger partial charge is 0.351 e. The van der Waals surface area contributed by atoms with E-state index in [4.69, 9.17) is 11.6 Å². The Balaban J connectivity index is 0.000000290. The topological polar surface area (TPSA) is 70.1 Å². The van der Waals surface area contributed by atoms with Gasteiger partial charge >= 0.3 is 0 Å². The molecule has 0 spiro atoms. The van der Waals surface area contributed by atoms with Crippen molar-refractivity contribution in [1.82, 2.24) is 15.3 Å². The second-order valence-corrected chi connectivity index (χ2v) is 6.84. The molecule has 0 radical (unpaired) electrons. The van der Waals surface area contributed by atoms with Crippen LogP contribution in [0.15, 0.2) is 29.1 Å². The standard InChI is InChI=1S/C13H13ClN4O.C7H14/c1-3-16-13(19)11(15-2)4-8-6-17-12-10(8)5-9(14)7-18-12;1-2-7-5-3-4-6-7/h4-7H,2-3H2,1H3,(H,16,19)(H,17,18);7H,2-6H2,1H3/b11-4-;. The summed E-state index contributed by atoms with van der Waals surface area (Å²) in [5, 5.41) is 4.04. The van der Waals surface area contributed by atoms with Gasteiger partial charge in [-0.05, 0) is 31.7 Å². The zero-order chi connectivity index (χ0) is 18.9. The molecule has 1 aliphatic rings. The van der Waals surface area contributed by atoms with Gasteiger partial charge in [-0.1, -0.05) is 50.6 Å². The van der Waals surface area contributed by atoms with Crippen LogP contribution < -0.4 is 5.32 Å². The van der Waals surface area contributed by atoms with Crippen LogP contribution in [0.1, 0.15) is 51.5 Å². The zero-order valence-corrected chi connectivity index (χ0v) is 16.3. The number of aromatic nitrogens is 2. The highest BCUT2D eigenvalue weighted by Gasteiger charge is 2.11. The van der Waals surface area contributed by atoms with E-state index in [1.807, 2.05) is 6.92 Å². The number of halogens is 1. The van der Waals surface area contributed by atoms with Crippen LogP contribution in [-0.4, -0.2) is 29.1 Å². The number of pyridine rings is 1. The van der Waals surface area contributed by atoms with Crippen LogP contribution in [0.25, 0.3) is 17.1 Å². The summed E-state index contributed by atoms with van der Waals surface area (Å²) in [6.07, 6.45) is 12.4. The Labute approximate surface area is 160 Å². The number of likely N-dealkylation sites (N-methyl/N-ethyl adjacent to an activating group) is 1. The first-order chi connectivity index (χ1) is 12.6. The average molecular weight is 375 g/mol. The number of amides is 1. The van der Waals surface area contributed by atoms with Crippen LogP contribution in [0.3, 0.4) is 0 Å². The quantitative estimate of drug-likeness (QED) is 0.572. The number of aliphatic imine (C=N–C) groups is 1. The van der Waals surface area contributed by atoms with Crippen LogP contribution in [0.4, 0.5) is 0 Å². The molecule has 2 heterocycles. The van der Waals surface area contributed by atoms with Gasteiger partial charge in [-0.15, -0.1) is 0 Å². The number of hydrogen-bond acceptors (Lipinski definition) is 3. The van der Waals surface area contributed by atoms with E-state index in [2.05, 4.69) is 33.9 Å². The number of fused-ring (bicyclic) bond motifs is 1. The Hall–Kier alpha value is -2.14. The highest BCUT2D eigenvalue weighted by molar-refractivity contribution is 6.31. The predicted molar refractivity (Wildman–Crippen MR) is 110 cm³/mol. The van der Waals surface area contributed by atoms with Crippen molar-refractivity contribution in [1.29, 1.82) is 0 Å². The van der Waals surface area contributed by atoms with Crippen LogP contribution in [0, 0.1) is 5.92 Å². The van der Waals surface area contributed by atoms with Crippen molar-refractivity contribution in [2.45, 2.75) is 46.0 Å². The molecule has 5 nitrogen and oxygen atoms in total. The first-order valence-electron chi connectivity index (χ1n) is 9.18. The van der Waals surface area contributed by atoms with Gasteiger partial charge in [0.25, 0.3) is 5.91 Å². The maximum absolute atomic E-state index is 11.7. The van der Waals surface area contributed by atoms with Crippen molar-refractivity contribution in [2.75, 3.05) is 6.54 Å². The van der Waals surface area contributed by atoms with Gasteiger partial charge in [-0.2, -0.15) is 0 Å². The fraction of sp³-hybridized carbons (Fsp3) is 0.450. The van der Waals surface area contributed by atoms with Crippen LogP contribution >= 0.6 is 11.6 Å². The van der Waals surface area contributed by atoms with Gasteiger partial charge < -0.3 is 10.3 Å². The lowest BCUT2D eigenvalue weighted by Crippen LogP contribution is -2.23. The zero-order valence-electron chi connectivity index (χ0n) is 15.5. The van der Waals surface area contributed by atoms with Crippen molar-refractivity contribution in [3.63, 3.8) is 0 Å². The number of aromatic amines is 1. The van der Waals surface area contributed by atoms with Gasteiger partial charge in [0.15, 0.2) is 0 Å². The van der Waals surface area contributed by atoms with Crippen LogP contribution in [0.2, 0.25) is 5.02 Å². The van der Waals surface area contributed by atoms with Gasteiger partial charge in [-0.25, -0.2) is 4.98 Å². The van der Waals surface area contributed by atoms with Crippen LogP contribution in [0.5, 0.6) is 0 Å². The molecule has 3 rings (SSSR count). The number of nitrogens with zero attached hydrogens (tertiary/aromatic N) is 2. The third-order valence-corrected chi connectivity index (χ3v) is 4.82. The lowest BCUT2D eigenvalue weighted by Gasteiger charge is -2.01. The van der Waals surface area contributed by atoms with E-state index in [-0.39, 0.29) is 11.6 Å². The molecule has 26 heavy (non-hydrogen) atoms. The molecular weight excluding hydrogens is 348 g/mol. The second kappa shape index (κ2) is 10.1. The van der Waals surface area contributed by atoms with E-state index in [1.165, 1.54) is 32.1 Å². The summed E-state index contributed by atoms with van der Waals surface area (Å²) in [5.74, 6) is 0.835. The van der Waals surface area contributed by atoms with Crippen molar-refractivity contribution in [3.05, 3.63) is 34.7 Å². The molecule has 6 heteroatoms. The molecule has 1 amide bonds. The molecule has 1 fully saturated rings. The number of H-pyrrole nitrogens is 1. The Morgan fingerprint density at radius 3 is 2.77 bits per heavy atom. The number of rotatable bonds is 5. The van der Waals surface area contributed by atoms with E-state index in [1.54, 1.807) is 24.5 Å². The van der Waals surface area contributed by atoms with E-state index in [9.17, 15) is 4.79 Å². The summed E-state index contributed by atoms with van der Waals surface area (Å²) < 4.78 is 0. The van der Waals surface area contributed by atoms with Crippen molar-refractivity contribution in [3.8, 4) is 0 Å². The minimum atomic E-state index is -0.262. The summed E-state index contributed by atoms with van der Waals surface area (Å²) >= 11 is 5.92. The molecule has 2 N–H and O–H groups in total. The second-order valence-electron chi connectivity index (χ2n) is 6.40. The molecule has 140 valence electrons. The van der Waals surface area contributed by atoms with Crippen LogP contribution in [-0.2, 0) is 4.79 Å².